The second-order valence-corrected chi connectivity index (χ2v) is 4.45. The quantitative estimate of drug-likeness (QED) is 0.610. The normalized spacial score (nSPS) is 11.9. The molecule has 0 fully saturated rings. The van der Waals surface area contributed by atoms with Crippen molar-refractivity contribution in [3.05, 3.63) is 16.6 Å². The summed E-state index contributed by atoms with van der Waals surface area (Å²) in [4.78, 5) is 8.81. The average molecular weight is 240 g/mol. The predicted octanol–water partition coefficient (Wildman–Crippen LogP) is 1.82. The van der Waals surface area contributed by atoms with E-state index < -0.39 is 0 Å². The third-order valence-corrected chi connectivity index (χ3v) is 3.09. The van der Waals surface area contributed by atoms with Gasteiger partial charge < -0.3 is 10.6 Å². The van der Waals surface area contributed by atoms with Crippen molar-refractivity contribution in [1.29, 1.82) is 0 Å². The molecule has 16 heavy (non-hydrogen) atoms. The maximum atomic E-state index is 4.52. The van der Waals surface area contributed by atoms with E-state index in [1.807, 2.05) is 11.6 Å². The summed E-state index contributed by atoms with van der Waals surface area (Å²) < 4.78 is 0. The molecule has 0 amide bonds. The molecule has 1 rings (SSSR count). The highest BCUT2D eigenvalue weighted by Gasteiger charge is 2.07. The van der Waals surface area contributed by atoms with Gasteiger partial charge in [-0.25, -0.2) is 4.98 Å². The fourth-order valence-electron chi connectivity index (χ4n) is 1.29. The molecule has 4 nitrogen and oxygen atoms in total. The maximum absolute atomic E-state index is 4.52. The van der Waals surface area contributed by atoms with Crippen LogP contribution in [-0.2, 0) is 0 Å². The molecule has 0 aromatic carbocycles. The third-order valence-electron chi connectivity index (χ3n) is 2.08. The van der Waals surface area contributed by atoms with Crippen LogP contribution in [0.2, 0.25) is 0 Å². The molecular formula is C11H20N4S. The highest BCUT2D eigenvalue weighted by atomic mass is 32.1. The summed E-state index contributed by atoms with van der Waals surface area (Å²) in [6, 6.07) is 0. The van der Waals surface area contributed by atoms with Crippen molar-refractivity contribution >= 4 is 17.3 Å². The van der Waals surface area contributed by atoms with E-state index in [1.54, 1.807) is 11.3 Å². The van der Waals surface area contributed by atoms with Crippen molar-refractivity contribution in [1.82, 2.24) is 15.6 Å². The standard InChI is InChI=1S/C11H20N4S/c1-4-12-11(13-5-2)15-8-9(3)10-14-6-7-16-10/h6-7,9H,4-5,8H2,1-3H3,(H2,12,13,15). The molecule has 1 heterocycles. The van der Waals surface area contributed by atoms with E-state index in [4.69, 9.17) is 0 Å². The lowest BCUT2D eigenvalue weighted by Gasteiger charge is -2.10. The van der Waals surface area contributed by atoms with Crippen LogP contribution in [0.5, 0.6) is 0 Å². The van der Waals surface area contributed by atoms with Crippen LogP contribution in [-0.4, -0.2) is 30.6 Å². The molecule has 0 saturated carbocycles. The lowest BCUT2D eigenvalue weighted by atomic mass is 10.2. The first kappa shape index (κ1) is 13.0. The molecule has 0 aliphatic carbocycles. The van der Waals surface area contributed by atoms with Crippen molar-refractivity contribution in [3.8, 4) is 0 Å². The maximum Gasteiger partial charge on any atom is 0.191 e. The van der Waals surface area contributed by atoms with Gasteiger partial charge in [0.05, 0.1) is 11.6 Å². The Morgan fingerprint density at radius 2 is 2.12 bits per heavy atom. The van der Waals surface area contributed by atoms with E-state index in [0.717, 1.165) is 30.6 Å². The molecule has 1 atom stereocenters. The van der Waals surface area contributed by atoms with E-state index in [9.17, 15) is 0 Å². The third kappa shape index (κ3) is 4.18. The summed E-state index contributed by atoms with van der Waals surface area (Å²) in [6.07, 6.45) is 1.84. The minimum atomic E-state index is 0.382. The van der Waals surface area contributed by atoms with Crippen LogP contribution in [0.15, 0.2) is 16.6 Å². The Labute approximate surface area is 101 Å². The molecule has 0 radical (unpaired) electrons. The SMILES string of the molecule is CCNC(=NCC(C)c1nccs1)NCC. The van der Waals surface area contributed by atoms with Gasteiger partial charge in [-0.1, -0.05) is 6.92 Å². The summed E-state index contributed by atoms with van der Waals surface area (Å²) in [7, 11) is 0. The van der Waals surface area contributed by atoms with Gasteiger partial charge in [-0.05, 0) is 13.8 Å². The van der Waals surface area contributed by atoms with E-state index in [2.05, 4.69) is 41.4 Å². The number of hydrogen-bond acceptors (Lipinski definition) is 3. The Morgan fingerprint density at radius 1 is 1.44 bits per heavy atom. The van der Waals surface area contributed by atoms with Crippen LogP contribution in [0.25, 0.3) is 0 Å². The number of guanidine groups is 1. The lowest BCUT2D eigenvalue weighted by Crippen LogP contribution is -2.37. The van der Waals surface area contributed by atoms with Gasteiger partial charge >= 0.3 is 0 Å². The van der Waals surface area contributed by atoms with Gasteiger partial charge in [0.25, 0.3) is 0 Å². The summed E-state index contributed by atoms with van der Waals surface area (Å²) in [5.74, 6) is 1.26. The molecule has 1 aromatic heterocycles. The predicted molar refractivity (Wildman–Crippen MR) is 70.2 cm³/mol. The zero-order chi connectivity index (χ0) is 11.8. The molecule has 0 saturated heterocycles. The minimum absolute atomic E-state index is 0.382. The Balaban J connectivity index is 2.48. The van der Waals surface area contributed by atoms with Gasteiger partial charge in [-0.15, -0.1) is 11.3 Å². The largest absolute Gasteiger partial charge is 0.357 e. The van der Waals surface area contributed by atoms with Gasteiger partial charge in [-0.3, -0.25) is 4.99 Å². The van der Waals surface area contributed by atoms with E-state index in [-0.39, 0.29) is 0 Å². The first-order chi connectivity index (χ1) is 7.77. The highest BCUT2D eigenvalue weighted by Crippen LogP contribution is 2.17. The number of nitrogens with zero attached hydrogens (tertiary/aromatic N) is 2. The number of hydrogen-bond donors (Lipinski definition) is 2. The van der Waals surface area contributed by atoms with E-state index >= 15 is 0 Å². The summed E-state index contributed by atoms with van der Waals surface area (Å²) >= 11 is 1.69. The highest BCUT2D eigenvalue weighted by molar-refractivity contribution is 7.09. The monoisotopic (exact) mass is 240 g/mol. The average Bonchev–Trinajstić information content (AvgIpc) is 2.79. The van der Waals surface area contributed by atoms with Gasteiger partial charge in [0.2, 0.25) is 0 Å². The summed E-state index contributed by atoms with van der Waals surface area (Å²) in [5.41, 5.74) is 0. The van der Waals surface area contributed by atoms with Crippen molar-refractivity contribution in [2.75, 3.05) is 19.6 Å². The fourth-order valence-corrected chi connectivity index (χ4v) is 1.98. The molecule has 0 aliphatic heterocycles. The number of thiazole rings is 1. The Morgan fingerprint density at radius 3 is 2.62 bits per heavy atom. The minimum Gasteiger partial charge on any atom is -0.357 e. The molecule has 0 aliphatic rings. The topological polar surface area (TPSA) is 49.3 Å². The molecule has 5 heteroatoms. The Bertz CT molecular complexity index is 300. The van der Waals surface area contributed by atoms with Gasteiger partial charge in [0.1, 0.15) is 0 Å². The molecule has 1 aromatic rings. The zero-order valence-electron chi connectivity index (χ0n) is 10.2. The summed E-state index contributed by atoms with van der Waals surface area (Å²) in [5, 5.41) is 9.57. The molecule has 0 bridgehead atoms. The first-order valence-electron chi connectivity index (χ1n) is 5.69. The van der Waals surface area contributed by atoms with Gasteiger partial charge in [0, 0.05) is 30.6 Å². The van der Waals surface area contributed by atoms with Crippen molar-refractivity contribution in [3.63, 3.8) is 0 Å². The Hall–Kier alpha value is -1.10. The first-order valence-corrected chi connectivity index (χ1v) is 6.57. The van der Waals surface area contributed by atoms with Crippen LogP contribution in [0.3, 0.4) is 0 Å². The molecule has 0 spiro atoms. The van der Waals surface area contributed by atoms with Crippen LogP contribution in [0.4, 0.5) is 0 Å². The lowest BCUT2D eigenvalue weighted by molar-refractivity contribution is 0.747. The Kier molecular flexibility index (Phi) is 5.85. The number of aromatic nitrogens is 1. The number of nitrogens with one attached hydrogen (secondary N) is 2. The van der Waals surface area contributed by atoms with E-state index in [1.165, 1.54) is 0 Å². The van der Waals surface area contributed by atoms with Crippen LogP contribution in [0, 0.1) is 0 Å². The van der Waals surface area contributed by atoms with Crippen LogP contribution >= 0.6 is 11.3 Å². The smallest absolute Gasteiger partial charge is 0.191 e. The summed E-state index contributed by atoms with van der Waals surface area (Å²) in [6.45, 7) is 8.82. The second-order valence-electron chi connectivity index (χ2n) is 3.52. The fraction of sp³-hybridized carbons (Fsp3) is 0.636. The number of rotatable bonds is 5. The molecule has 2 N–H and O–H groups in total. The zero-order valence-corrected chi connectivity index (χ0v) is 11.0. The number of aliphatic imine (C=N–C) groups is 1. The molecular weight excluding hydrogens is 220 g/mol. The van der Waals surface area contributed by atoms with Crippen LogP contribution < -0.4 is 10.6 Å². The van der Waals surface area contributed by atoms with Gasteiger partial charge in [-0.2, -0.15) is 0 Å². The van der Waals surface area contributed by atoms with Crippen LogP contribution in [0.1, 0.15) is 31.7 Å². The van der Waals surface area contributed by atoms with Gasteiger partial charge in [0.15, 0.2) is 5.96 Å². The van der Waals surface area contributed by atoms with Crippen molar-refractivity contribution < 1.29 is 0 Å². The van der Waals surface area contributed by atoms with E-state index in [0.29, 0.717) is 5.92 Å². The second kappa shape index (κ2) is 7.22. The van der Waals surface area contributed by atoms with Crippen molar-refractivity contribution in [2.24, 2.45) is 4.99 Å². The van der Waals surface area contributed by atoms with Crippen molar-refractivity contribution in [2.45, 2.75) is 26.7 Å². The molecule has 90 valence electrons. The molecule has 1 unspecified atom stereocenters.